The van der Waals surface area contributed by atoms with E-state index >= 15 is 0 Å². The number of nitrogens with two attached hydrogens (primary N) is 1. The smallest absolute Gasteiger partial charge is 0.0779 e. The van der Waals surface area contributed by atoms with Crippen molar-refractivity contribution in [2.75, 3.05) is 19.7 Å². The van der Waals surface area contributed by atoms with Crippen LogP contribution in [0.4, 0.5) is 0 Å². The van der Waals surface area contributed by atoms with Gasteiger partial charge in [-0.15, -0.1) is 0 Å². The quantitative estimate of drug-likeness (QED) is 0.887. The Morgan fingerprint density at radius 1 is 1.24 bits per heavy atom. The highest BCUT2D eigenvalue weighted by atomic mass is 16.5. The van der Waals surface area contributed by atoms with Crippen LogP contribution in [0.2, 0.25) is 0 Å². The predicted molar refractivity (Wildman–Crippen MR) is 87.3 cm³/mol. The average Bonchev–Trinajstić information content (AvgIpc) is 2.95. The largest absolute Gasteiger partial charge is 0.374 e. The topological polar surface area (TPSA) is 47.3 Å². The minimum absolute atomic E-state index is 0.0374. The Labute approximate surface area is 126 Å². The van der Waals surface area contributed by atoms with Crippen LogP contribution in [0.15, 0.2) is 42.5 Å². The molecule has 1 heterocycles. The fourth-order valence-electron chi connectivity index (χ4n) is 3.08. The van der Waals surface area contributed by atoms with Gasteiger partial charge in [0.05, 0.1) is 5.60 Å². The second-order valence-electron chi connectivity index (χ2n) is 6.18. The van der Waals surface area contributed by atoms with E-state index in [1.54, 1.807) is 0 Å². The second-order valence-corrected chi connectivity index (χ2v) is 6.18. The van der Waals surface area contributed by atoms with Crippen molar-refractivity contribution in [3.63, 3.8) is 0 Å². The summed E-state index contributed by atoms with van der Waals surface area (Å²) < 4.78 is 5.84. The van der Waals surface area contributed by atoms with Gasteiger partial charge in [-0.25, -0.2) is 0 Å². The Kier molecular flexibility index (Phi) is 4.24. The van der Waals surface area contributed by atoms with Crippen molar-refractivity contribution in [3.8, 4) is 0 Å². The van der Waals surface area contributed by atoms with Gasteiger partial charge in [0.1, 0.15) is 0 Å². The molecule has 0 aliphatic carbocycles. The molecule has 0 aromatic heterocycles. The van der Waals surface area contributed by atoms with Crippen molar-refractivity contribution in [2.24, 2.45) is 5.73 Å². The maximum absolute atomic E-state index is 5.97. The molecule has 2 atom stereocenters. The molecule has 21 heavy (non-hydrogen) atoms. The fraction of sp³-hybridized carbons (Fsp3) is 0.444. The minimum Gasteiger partial charge on any atom is -0.374 e. The van der Waals surface area contributed by atoms with Gasteiger partial charge in [0, 0.05) is 25.7 Å². The molecule has 3 N–H and O–H groups in total. The Balaban J connectivity index is 1.74. The molecule has 1 fully saturated rings. The van der Waals surface area contributed by atoms with E-state index in [1.807, 2.05) is 0 Å². The highest BCUT2D eigenvalue weighted by Crippen LogP contribution is 2.26. The summed E-state index contributed by atoms with van der Waals surface area (Å²) in [5, 5.41) is 6.11. The standard InChI is InChI=1S/C18H24N2O/c1-18(9-4-10-21-18)13-20-17(12-19)16-8-7-14-5-2-3-6-15(14)11-16/h2-3,5-8,11,17,20H,4,9-10,12-13,19H2,1H3. The van der Waals surface area contributed by atoms with E-state index in [2.05, 4.69) is 54.7 Å². The molecule has 0 saturated carbocycles. The molecule has 112 valence electrons. The lowest BCUT2D eigenvalue weighted by Gasteiger charge is -2.27. The molecule has 0 radical (unpaired) electrons. The molecule has 2 aromatic rings. The number of ether oxygens (including phenoxy) is 1. The SMILES string of the molecule is CC1(CNC(CN)c2ccc3ccccc3c2)CCCO1. The molecule has 1 saturated heterocycles. The summed E-state index contributed by atoms with van der Waals surface area (Å²) in [6, 6.07) is 15.2. The molecule has 1 aliphatic rings. The van der Waals surface area contributed by atoms with Gasteiger partial charge in [0.2, 0.25) is 0 Å². The molecular formula is C18H24N2O. The first-order chi connectivity index (χ1) is 10.2. The summed E-state index contributed by atoms with van der Waals surface area (Å²) in [6.07, 6.45) is 2.27. The van der Waals surface area contributed by atoms with Gasteiger partial charge in [-0.2, -0.15) is 0 Å². The Morgan fingerprint density at radius 2 is 2.05 bits per heavy atom. The van der Waals surface area contributed by atoms with Gasteiger partial charge in [-0.1, -0.05) is 36.4 Å². The minimum atomic E-state index is -0.0374. The van der Waals surface area contributed by atoms with E-state index < -0.39 is 0 Å². The van der Waals surface area contributed by atoms with Crippen molar-refractivity contribution >= 4 is 10.8 Å². The number of hydrogen-bond acceptors (Lipinski definition) is 3. The third-order valence-electron chi connectivity index (χ3n) is 4.43. The van der Waals surface area contributed by atoms with Gasteiger partial charge in [0.15, 0.2) is 0 Å². The van der Waals surface area contributed by atoms with E-state index in [1.165, 1.54) is 16.3 Å². The molecule has 0 bridgehead atoms. The molecule has 2 unspecified atom stereocenters. The maximum Gasteiger partial charge on any atom is 0.0779 e. The average molecular weight is 284 g/mol. The van der Waals surface area contributed by atoms with Crippen LogP contribution in [-0.2, 0) is 4.74 Å². The summed E-state index contributed by atoms with van der Waals surface area (Å²) in [5.41, 5.74) is 7.18. The molecule has 0 spiro atoms. The van der Waals surface area contributed by atoms with Crippen LogP contribution in [0.1, 0.15) is 31.4 Å². The Morgan fingerprint density at radius 3 is 2.76 bits per heavy atom. The van der Waals surface area contributed by atoms with Crippen molar-refractivity contribution in [1.82, 2.24) is 5.32 Å². The molecule has 0 amide bonds. The number of rotatable bonds is 5. The summed E-state index contributed by atoms with van der Waals surface area (Å²) >= 11 is 0. The van der Waals surface area contributed by atoms with Crippen molar-refractivity contribution in [1.29, 1.82) is 0 Å². The van der Waals surface area contributed by atoms with Crippen LogP contribution in [0.25, 0.3) is 10.8 Å². The van der Waals surface area contributed by atoms with Crippen LogP contribution in [0.5, 0.6) is 0 Å². The second kappa shape index (κ2) is 6.14. The maximum atomic E-state index is 5.97. The first-order valence-corrected chi connectivity index (χ1v) is 7.76. The fourth-order valence-corrected chi connectivity index (χ4v) is 3.08. The van der Waals surface area contributed by atoms with Crippen LogP contribution in [0.3, 0.4) is 0 Å². The van der Waals surface area contributed by atoms with Crippen molar-refractivity contribution < 1.29 is 4.74 Å². The Hall–Kier alpha value is -1.42. The van der Waals surface area contributed by atoms with Gasteiger partial charge < -0.3 is 15.8 Å². The third kappa shape index (κ3) is 3.26. The lowest BCUT2D eigenvalue weighted by atomic mass is 9.99. The molecule has 2 aromatic carbocycles. The number of benzene rings is 2. The van der Waals surface area contributed by atoms with Gasteiger partial charge in [0.25, 0.3) is 0 Å². The number of hydrogen-bond donors (Lipinski definition) is 2. The van der Waals surface area contributed by atoms with Crippen molar-refractivity contribution in [3.05, 3.63) is 48.0 Å². The summed E-state index contributed by atoms with van der Waals surface area (Å²) in [4.78, 5) is 0. The van der Waals surface area contributed by atoms with E-state index in [-0.39, 0.29) is 11.6 Å². The molecule has 3 rings (SSSR count). The number of nitrogens with one attached hydrogen (secondary N) is 1. The first kappa shape index (κ1) is 14.5. The van der Waals surface area contributed by atoms with Crippen LogP contribution < -0.4 is 11.1 Å². The monoisotopic (exact) mass is 284 g/mol. The molecule has 3 nitrogen and oxygen atoms in total. The number of fused-ring (bicyclic) bond motifs is 1. The van der Waals surface area contributed by atoms with E-state index in [0.717, 1.165) is 26.0 Å². The lowest BCUT2D eigenvalue weighted by Crippen LogP contribution is -2.40. The van der Waals surface area contributed by atoms with Crippen molar-refractivity contribution in [2.45, 2.75) is 31.4 Å². The molecular weight excluding hydrogens is 260 g/mol. The highest BCUT2D eigenvalue weighted by molar-refractivity contribution is 5.83. The van der Waals surface area contributed by atoms with E-state index in [0.29, 0.717) is 6.54 Å². The lowest BCUT2D eigenvalue weighted by molar-refractivity contribution is 0.0189. The van der Waals surface area contributed by atoms with Crippen LogP contribution >= 0.6 is 0 Å². The van der Waals surface area contributed by atoms with Gasteiger partial charge >= 0.3 is 0 Å². The Bertz CT molecular complexity index is 605. The van der Waals surface area contributed by atoms with Gasteiger partial charge in [-0.3, -0.25) is 0 Å². The van der Waals surface area contributed by atoms with Crippen LogP contribution in [-0.4, -0.2) is 25.3 Å². The summed E-state index contributed by atoms with van der Waals surface area (Å²) in [6.45, 7) is 4.50. The third-order valence-corrected chi connectivity index (χ3v) is 4.43. The zero-order chi connectivity index (χ0) is 14.7. The summed E-state index contributed by atoms with van der Waals surface area (Å²) in [5.74, 6) is 0. The normalized spacial score (nSPS) is 23.5. The highest BCUT2D eigenvalue weighted by Gasteiger charge is 2.30. The summed E-state index contributed by atoms with van der Waals surface area (Å²) in [7, 11) is 0. The van der Waals surface area contributed by atoms with E-state index in [9.17, 15) is 0 Å². The first-order valence-electron chi connectivity index (χ1n) is 7.76. The zero-order valence-corrected chi connectivity index (χ0v) is 12.6. The molecule has 1 aliphatic heterocycles. The van der Waals surface area contributed by atoms with E-state index in [4.69, 9.17) is 10.5 Å². The van der Waals surface area contributed by atoms with Crippen LogP contribution in [0, 0.1) is 0 Å². The van der Waals surface area contributed by atoms with Gasteiger partial charge in [-0.05, 0) is 42.2 Å². The predicted octanol–water partition coefficient (Wildman–Crippen LogP) is 3.00. The molecule has 3 heteroatoms. The zero-order valence-electron chi connectivity index (χ0n) is 12.6.